The summed E-state index contributed by atoms with van der Waals surface area (Å²) in [5.74, 6) is -1.11. The molecular weight excluding hydrogens is 332 g/mol. The van der Waals surface area contributed by atoms with Crippen molar-refractivity contribution in [2.24, 2.45) is 11.3 Å². The van der Waals surface area contributed by atoms with Crippen LogP contribution < -0.4 is 0 Å². The van der Waals surface area contributed by atoms with Gasteiger partial charge < -0.3 is 14.7 Å². The molecule has 4 rings (SSSR count). The van der Waals surface area contributed by atoms with Gasteiger partial charge in [-0.25, -0.2) is 0 Å². The van der Waals surface area contributed by atoms with Crippen molar-refractivity contribution in [3.8, 4) is 0 Å². The predicted molar refractivity (Wildman–Crippen MR) is 96.1 cm³/mol. The van der Waals surface area contributed by atoms with Crippen LogP contribution in [0.15, 0.2) is 24.3 Å². The van der Waals surface area contributed by atoms with Crippen LogP contribution in [0.2, 0.25) is 0 Å². The minimum atomic E-state index is -0.887. The van der Waals surface area contributed by atoms with E-state index in [2.05, 4.69) is 4.98 Å². The Bertz CT molecular complexity index is 905. The third-order valence-electron chi connectivity index (χ3n) is 5.74. The molecule has 0 aliphatic carbocycles. The Morgan fingerprint density at radius 2 is 2.12 bits per heavy atom. The van der Waals surface area contributed by atoms with Gasteiger partial charge in [0.2, 0.25) is 0 Å². The lowest BCUT2D eigenvalue weighted by Gasteiger charge is -2.33. The summed E-state index contributed by atoms with van der Waals surface area (Å²) in [5.41, 5.74) is 2.36. The van der Waals surface area contributed by atoms with Gasteiger partial charge in [0.15, 0.2) is 0 Å². The number of hydrogen-bond acceptors (Lipinski definition) is 4. The van der Waals surface area contributed by atoms with E-state index in [0.29, 0.717) is 31.7 Å². The Hall–Kier alpha value is -2.47. The Balaban J connectivity index is 1.73. The summed E-state index contributed by atoms with van der Waals surface area (Å²) < 4.78 is 5.48. The van der Waals surface area contributed by atoms with Crippen molar-refractivity contribution >= 4 is 22.8 Å². The van der Waals surface area contributed by atoms with E-state index in [-0.39, 0.29) is 18.4 Å². The van der Waals surface area contributed by atoms with E-state index in [9.17, 15) is 14.7 Å². The van der Waals surface area contributed by atoms with E-state index in [0.717, 1.165) is 22.2 Å². The van der Waals surface area contributed by atoms with Crippen molar-refractivity contribution in [1.82, 2.24) is 9.88 Å². The normalized spacial score (nSPS) is 25.3. The lowest BCUT2D eigenvalue weighted by Crippen LogP contribution is -2.45. The summed E-state index contributed by atoms with van der Waals surface area (Å²) >= 11 is 0. The first-order valence-corrected chi connectivity index (χ1v) is 8.89. The summed E-state index contributed by atoms with van der Waals surface area (Å²) in [6.45, 7) is 5.35. The van der Waals surface area contributed by atoms with E-state index in [1.165, 1.54) is 0 Å². The zero-order valence-electron chi connectivity index (χ0n) is 15.0. The topological polar surface area (TPSA) is 79.7 Å². The number of aryl methyl sites for hydroxylation is 2. The Morgan fingerprint density at radius 3 is 2.85 bits per heavy atom. The third-order valence-corrected chi connectivity index (χ3v) is 5.74. The van der Waals surface area contributed by atoms with Crippen LogP contribution in [0.5, 0.6) is 0 Å². The molecular formula is C20H22N2O4. The maximum Gasteiger partial charge on any atom is 0.311 e. The number of nitrogens with zero attached hydrogens (tertiary/aromatic N) is 2. The van der Waals surface area contributed by atoms with Crippen LogP contribution in [0, 0.1) is 25.2 Å². The second-order valence-corrected chi connectivity index (χ2v) is 7.50. The molecule has 0 saturated carbocycles. The second kappa shape index (κ2) is 6.06. The van der Waals surface area contributed by atoms with Crippen LogP contribution in [-0.4, -0.2) is 53.2 Å². The monoisotopic (exact) mass is 354 g/mol. The Morgan fingerprint density at radius 1 is 1.31 bits per heavy atom. The zero-order chi connectivity index (χ0) is 18.5. The fourth-order valence-corrected chi connectivity index (χ4v) is 4.27. The summed E-state index contributed by atoms with van der Waals surface area (Å²) in [4.78, 5) is 31.5. The van der Waals surface area contributed by atoms with Crippen LogP contribution in [0.4, 0.5) is 0 Å². The number of carboxylic acids is 1. The van der Waals surface area contributed by atoms with E-state index < -0.39 is 11.4 Å². The fraction of sp³-hybridized carbons (Fsp3) is 0.450. The number of fused-ring (bicyclic) bond motifs is 2. The molecule has 2 aliphatic rings. The first-order valence-electron chi connectivity index (χ1n) is 8.89. The van der Waals surface area contributed by atoms with Crippen LogP contribution in [0.3, 0.4) is 0 Å². The van der Waals surface area contributed by atoms with Crippen molar-refractivity contribution in [2.75, 3.05) is 26.3 Å². The molecule has 1 amide bonds. The first-order chi connectivity index (χ1) is 12.4. The standard InChI is InChI=1S/C20H22N2O4/c1-12-3-4-15-16(8-13(2)21-17(15)7-12)18(23)22-9-14-10-26-6-5-20(14,11-22)19(24)25/h3-4,7-8,14H,5-6,9-11H2,1-2H3,(H,24,25)/t14-,20+/m1/s1. The summed E-state index contributed by atoms with van der Waals surface area (Å²) in [6, 6.07) is 7.65. The average Bonchev–Trinajstić information content (AvgIpc) is 3.01. The zero-order valence-corrected chi connectivity index (χ0v) is 15.0. The number of carboxylic acid groups (broad SMARTS) is 1. The molecule has 0 spiro atoms. The predicted octanol–water partition coefficient (Wildman–Crippen LogP) is 2.41. The molecule has 2 aromatic rings. The highest BCUT2D eigenvalue weighted by Crippen LogP contribution is 2.43. The van der Waals surface area contributed by atoms with Gasteiger partial charge in [-0.3, -0.25) is 14.6 Å². The molecule has 2 fully saturated rings. The number of benzene rings is 1. The number of rotatable bonds is 2. The molecule has 0 unspecified atom stereocenters. The van der Waals surface area contributed by atoms with Gasteiger partial charge in [-0.2, -0.15) is 0 Å². The van der Waals surface area contributed by atoms with E-state index in [1.807, 2.05) is 32.0 Å². The molecule has 3 heterocycles. The van der Waals surface area contributed by atoms with Gasteiger partial charge in [-0.1, -0.05) is 12.1 Å². The third kappa shape index (κ3) is 2.56. The SMILES string of the molecule is Cc1ccc2c(C(=O)N3C[C@@H]4COCC[C@]4(C(=O)O)C3)cc(C)nc2c1. The maximum atomic E-state index is 13.3. The molecule has 2 saturated heterocycles. The lowest BCUT2D eigenvalue weighted by atomic mass is 9.74. The average molecular weight is 354 g/mol. The van der Waals surface area contributed by atoms with Crippen LogP contribution in [0.25, 0.3) is 10.9 Å². The molecule has 6 heteroatoms. The highest BCUT2D eigenvalue weighted by atomic mass is 16.5. The first kappa shape index (κ1) is 17.0. The highest BCUT2D eigenvalue weighted by Gasteiger charge is 2.55. The van der Waals surface area contributed by atoms with E-state index >= 15 is 0 Å². The summed E-state index contributed by atoms with van der Waals surface area (Å²) in [5, 5.41) is 10.6. The molecule has 6 nitrogen and oxygen atoms in total. The Kier molecular flexibility index (Phi) is 3.95. The number of carbonyl (C=O) groups excluding carboxylic acids is 1. The number of likely N-dealkylation sites (tertiary alicyclic amines) is 1. The maximum absolute atomic E-state index is 13.3. The van der Waals surface area contributed by atoms with Gasteiger partial charge in [0.1, 0.15) is 0 Å². The smallest absolute Gasteiger partial charge is 0.311 e. The molecule has 1 aromatic carbocycles. The van der Waals surface area contributed by atoms with Gasteiger partial charge >= 0.3 is 5.97 Å². The number of amides is 1. The van der Waals surface area contributed by atoms with Crippen molar-refractivity contribution in [3.63, 3.8) is 0 Å². The van der Waals surface area contributed by atoms with Crippen molar-refractivity contribution in [3.05, 3.63) is 41.1 Å². The van der Waals surface area contributed by atoms with Gasteiger partial charge in [0.25, 0.3) is 5.91 Å². The number of pyridine rings is 1. The van der Waals surface area contributed by atoms with E-state index in [1.54, 1.807) is 11.0 Å². The number of hydrogen-bond donors (Lipinski definition) is 1. The quantitative estimate of drug-likeness (QED) is 0.896. The van der Waals surface area contributed by atoms with E-state index in [4.69, 9.17) is 4.74 Å². The summed E-state index contributed by atoms with van der Waals surface area (Å²) in [6.07, 6.45) is 0.450. The number of ether oxygens (including phenoxy) is 1. The highest BCUT2D eigenvalue weighted by molar-refractivity contribution is 6.06. The van der Waals surface area contributed by atoms with Crippen molar-refractivity contribution in [1.29, 1.82) is 0 Å². The minimum absolute atomic E-state index is 0.126. The molecule has 136 valence electrons. The fourth-order valence-electron chi connectivity index (χ4n) is 4.27. The molecule has 26 heavy (non-hydrogen) atoms. The Labute approximate surface area is 151 Å². The molecule has 1 N–H and O–H groups in total. The van der Waals surface area contributed by atoms with Gasteiger partial charge in [-0.05, 0) is 38.0 Å². The minimum Gasteiger partial charge on any atom is -0.481 e. The largest absolute Gasteiger partial charge is 0.481 e. The lowest BCUT2D eigenvalue weighted by molar-refractivity contribution is -0.157. The van der Waals surface area contributed by atoms with Crippen LogP contribution >= 0.6 is 0 Å². The van der Waals surface area contributed by atoms with Gasteiger partial charge in [0, 0.05) is 36.7 Å². The number of aromatic nitrogens is 1. The van der Waals surface area contributed by atoms with Gasteiger partial charge in [-0.15, -0.1) is 0 Å². The van der Waals surface area contributed by atoms with Crippen molar-refractivity contribution < 1.29 is 19.4 Å². The van der Waals surface area contributed by atoms with Crippen LogP contribution in [0.1, 0.15) is 28.0 Å². The molecule has 0 radical (unpaired) electrons. The molecule has 1 aromatic heterocycles. The van der Waals surface area contributed by atoms with Crippen LogP contribution in [-0.2, 0) is 9.53 Å². The van der Waals surface area contributed by atoms with Gasteiger partial charge in [0.05, 0.1) is 23.1 Å². The van der Waals surface area contributed by atoms with Crippen molar-refractivity contribution in [2.45, 2.75) is 20.3 Å². The summed E-state index contributed by atoms with van der Waals surface area (Å²) in [7, 11) is 0. The molecule has 2 atom stereocenters. The number of aliphatic carboxylic acids is 1. The molecule has 0 bridgehead atoms. The second-order valence-electron chi connectivity index (χ2n) is 7.50. The number of carbonyl (C=O) groups is 2. The molecule has 2 aliphatic heterocycles.